The number of carbonyl (C=O) groups excluding carboxylic acids is 7. The van der Waals surface area contributed by atoms with Gasteiger partial charge in [0, 0.05) is 63.4 Å². The fourth-order valence-electron chi connectivity index (χ4n) is 8.37. The van der Waals surface area contributed by atoms with Crippen molar-refractivity contribution in [2.45, 2.75) is 57.2 Å². The minimum Gasteiger partial charge on any atom is -0.378 e. The van der Waals surface area contributed by atoms with Crippen LogP contribution < -0.4 is 37.8 Å². The summed E-state index contributed by atoms with van der Waals surface area (Å²) in [5.41, 5.74) is 11.7. The number of benzene rings is 4. The van der Waals surface area contributed by atoms with Crippen LogP contribution in [0.1, 0.15) is 51.9 Å². The van der Waals surface area contributed by atoms with Gasteiger partial charge in [-0.1, -0.05) is 91.0 Å². The Morgan fingerprint density at radius 3 is 2.24 bits per heavy atom. The molecule has 358 valence electrons. The zero-order chi connectivity index (χ0) is 48.3. The van der Waals surface area contributed by atoms with Gasteiger partial charge in [-0.3, -0.25) is 38.4 Å². The number of fused-ring (bicyclic) bond motifs is 3. The van der Waals surface area contributed by atoms with Crippen LogP contribution in [0.4, 0.5) is 0 Å². The summed E-state index contributed by atoms with van der Waals surface area (Å²) in [4.78, 5) is 102. The third kappa shape index (κ3) is 14.4. The minimum absolute atomic E-state index is 0.00214. The lowest BCUT2D eigenvalue weighted by molar-refractivity contribution is -0.141. The number of hydroxylamine groups is 1. The zero-order valence-corrected chi connectivity index (χ0v) is 38.2. The van der Waals surface area contributed by atoms with Crippen LogP contribution in [0.15, 0.2) is 115 Å². The van der Waals surface area contributed by atoms with Crippen molar-refractivity contribution in [1.82, 2.24) is 37.0 Å². The Balaban J connectivity index is 1.30. The van der Waals surface area contributed by atoms with Crippen LogP contribution in [0.3, 0.4) is 0 Å². The Bertz CT molecular complexity index is 2410. The highest BCUT2D eigenvalue weighted by Crippen LogP contribution is 2.35. The molecule has 4 aromatic carbocycles. The van der Waals surface area contributed by atoms with Gasteiger partial charge in [0.1, 0.15) is 12.1 Å². The third-order valence-electron chi connectivity index (χ3n) is 11.9. The van der Waals surface area contributed by atoms with Gasteiger partial charge in [0.15, 0.2) is 0 Å². The molecule has 7 amide bonds. The van der Waals surface area contributed by atoms with Gasteiger partial charge in [0.25, 0.3) is 5.91 Å². The summed E-state index contributed by atoms with van der Waals surface area (Å²) in [6, 6.07) is 29.1. The van der Waals surface area contributed by atoms with E-state index < -0.39 is 52.9 Å². The number of hydrogen-bond acceptors (Lipinski definition) is 10. The molecular weight excluding hydrogens is 869 g/mol. The number of carbonyl (C=O) groups is 7. The molecule has 17 heteroatoms. The second kappa shape index (κ2) is 25.1. The molecule has 6 rings (SSSR count). The van der Waals surface area contributed by atoms with E-state index in [1.807, 2.05) is 66.7 Å². The molecule has 0 radical (unpaired) electrons. The molecule has 2 aliphatic heterocycles. The predicted octanol–water partition coefficient (Wildman–Crippen LogP) is 2.03. The smallest absolute Gasteiger partial charge is 0.274 e. The first-order valence-electron chi connectivity index (χ1n) is 22.8. The normalized spacial score (nSPS) is 20.2. The first-order chi connectivity index (χ1) is 33.0. The maximum absolute atomic E-state index is 14.9. The van der Waals surface area contributed by atoms with E-state index in [-0.39, 0.29) is 64.4 Å². The number of nitrogens with zero attached hydrogens (tertiary/aromatic N) is 1. The van der Waals surface area contributed by atoms with Gasteiger partial charge in [-0.05, 0) is 71.2 Å². The van der Waals surface area contributed by atoms with Gasteiger partial charge in [-0.25, -0.2) is 5.48 Å². The van der Waals surface area contributed by atoms with Gasteiger partial charge < -0.3 is 42.0 Å². The largest absolute Gasteiger partial charge is 0.378 e. The van der Waals surface area contributed by atoms with Crippen LogP contribution in [0, 0.1) is 5.41 Å². The average molecular weight is 929 g/mol. The van der Waals surface area contributed by atoms with Crippen LogP contribution in [-0.4, -0.2) is 111 Å². The standard InChI is InChI=1S/C51H60N8O9/c1-67-58-47(63)39-18-16-38(17-19-39)37-14-12-35(13-15-37)30-43-49(65)55-33-41-11-6-5-10-40(41)31-45(61)56-42(48(64)54-26-29-68-28-24-52)22-25-53-44(60)20-21-46(62)59-27-7-23-51(34-59,50(66)57-43)32-36-8-3-2-4-9-36/h2-6,8-21,42-43H,7,22-34,52H2,1H3,(H,53,60)(H,54,64)(H,55,65)(H,56,61)(H,57,66)(H,58,63)/b21-20+/t42-,43-,51-/m0/s1. The van der Waals surface area contributed by atoms with Crippen LogP contribution in [-0.2, 0) is 64.1 Å². The molecule has 2 bridgehead atoms. The van der Waals surface area contributed by atoms with E-state index in [1.54, 1.807) is 41.3 Å². The van der Waals surface area contributed by atoms with Crippen molar-refractivity contribution in [2.75, 3.05) is 53.0 Å². The molecule has 0 spiro atoms. The van der Waals surface area contributed by atoms with E-state index in [0.717, 1.165) is 34.4 Å². The molecule has 68 heavy (non-hydrogen) atoms. The number of rotatable bonds is 13. The van der Waals surface area contributed by atoms with Crippen molar-refractivity contribution in [2.24, 2.45) is 11.1 Å². The molecule has 8 N–H and O–H groups in total. The molecule has 17 nitrogen and oxygen atoms in total. The monoisotopic (exact) mass is 928 g/mol. The van der Waals surface area contributed by atoms with E-state index in [2.05, 4.69) is 32.1 Å². The summed E-state index contributed by atoms with van der Waals surface area (Å²) in [6.45, 7) is 1.45. The Hall–Kier alpha value is -7.21. The van der Waals surface area contributed by atoms with Crippen molar-refractivity contribution >= 4 is 41.4 Å². The van der Waals surface area contributed by atoms with Crippen molar-refractivity contribution in [3.8, 4) is 11.1 Å². The number of piperidine rings is 1. The van der Waals surface area contributed by atoms with Crippen molar-refractivity contribution in [3.63, 3.8) is 0 Å². The van der Waals surface area contributed by atoms with Gasteiger partial charge in [0.2, 0.25) is 35.4 Å². The van der Waals surface area contributed by atoms with Crippen molar-refractivity contribution in [3.05, 3.63) is 143 Å². The highest BCUT2D eigenvalue weighted by Gasteiger charge is 2.44. The molecule has 0 saturated carbocycles. The predicted molar refractivity (Wildman–Crippen MR) is 254 cm³/mol. The first-order valence-corrected chi connectivity index (χ1v) is 22.8. The molecule has 3 atom stereocenters. The van der Waals surface area contributed by atoms with Gasteiger partial charge >= 0.3 is 0 Å². The van der Waals surface area contributed by atoms with E-state index in [4.69, 9.17) is 15.3 Å². The summed E-state index contributed by atoms with van der Waals surface area (Å²) >= 11 is 0. The van der Waals surface area contributed by atoms with Crippen LogP contribution in [0.2, 0.25) is 0 Å². The Morgan fingerprint density at radius 1 is 0.809 bits per heavy atom. The molecular formula is C51H60N8O9. The Morgan fingerprint density at radius 2 is 1.51 bits per heavy atom. The van der Waals surface area contributed by atoms with Crippen molar-refractivity contribution in [1.29, 1.82) is 0 Å². The second-order valence-electron chi connectivity index (χ2n) is 16.8. The Kier molecular flexibility index (Phi) is 18.5. The second-order valence-corrected chi connectivity index (χ2v) is 16.8. The van der Waals surface area contributed by atoms with Crippen LogP contribution >= 0.6 is 0 Å². The molecule has 2 heterocycles. The highest BCUT2D eigenvalue weighted by molar-refractivity contribution is 5.98. The van der Waals surface area contributed by atoms with Gasteiger partial charge in [0.05, 0.1) is 32.2 Å². The number of amides is 7. The summed E-state index contributed by atoms with van der Waals surface area (Å²) in [5, 5.41) is 14.4. The zero-order valence-electron chi connectivity index (χ0n) is 38.2. The van der Waals surface area contributed by atoms with Crippen LogP contribution in [0.5, 0.6) is 0 Å². The molecule has 1 fully saturated rings. The third-order valence-corrected chi connectivity index (χ3v) is 11.9. The fraction of sp³-hybridized carbons (Fsp3) is 0.353. The topological polar surface area (TPSA) is 239 Å². The molecule has 0 unspecified atom stereocenters. The quantitative estimate of drug-likeness (QED) is 0.0761. The average Bonchev–Trinajstić information content (AvgIpc) is 3.35. The summed E-state index contributed by atoms with van der Waals surface area (Å²) < 4.78 is 5.37. The van der Waals surface area contributed by atoms with E-state index in [1.165, 1.54) is 7.11 Å². The molecule has 0 aromatic heterocycles. The van der Waals surface area contributed by atoms with Gasteiger partial charge in [-0.15, -0.1) is 0 Å². The SMILES string of the molecule is CONC(=O)c1ccc(-c2ccc(C[C@@H]3NC(=O)[C@]4(Cc5ccccc5)CCCN(C4)C(=O)/C=C/C(=O)NCC[C@@H](C(=O)NCCOCCN)NC(=O)Cc4ccccc4CNC3=O)cc2)cc1. The van der Waals surface area contributed by atoms with E-state index >= 15 is 0 Å². The fourth-order valence-corrected chi connectivity index (χ4v) is 8.37. The number of hydrogen-bond donors (Lipinski definition) is 7. The highest BCUT2D eigenvalue weighted by atomic mass is 16.6. The first kappa shape index (κ1) is 50.2. The molecule has 1 saturated heterocycles. The minimum atomic E-state index is -1.14. The van der Waals surface area contributed by atoms with Crippen molar-refractivity contribution < 1.29 is 43.1 Å². The molecule has 0 aliphatic carbocycles. The van der Waals surface area contributed by atoms with E-state index in [9.17, 15) is 33.6 Å². The number of ether oxygens (including phenoxy) is 1. The maximum atomic E-state index is 14.9. The van der Waals surface area contributed by atoms with E-state index in [0.29, 0.717) is 49.2 Å². The lowest BCUT2D eigenvalue weighted by atomic mass is 9.74. The summed E-state index contributed by atoms with van der Waals surface area (Å²) in [6.07, 6.45) is 3.52. The maximum Gasteiger partial charge on any atom is 0.274 e. The summed E-state index contributed by atoms with van der Waals surface area (Å²) in [7, 11) is 1.36. The van der Waals surface area contributed by atoms with Crippen LogP contribution in [0.25, 0.3) is 11.1 Å². The lowest BCUT2D eigenvalue weighted by Gasteiger charge is -2.42. The number of nitrogens with one attached hydrogen (secondary N) is 6. The number of nitrogens with two attached hydrogens (primary N) is 1. The molecule has 4 aromatic rings. The summed E-state index contributed by atoms with van der Waals surface area (Å²) in [5.74, 6) is -3.21. The molecule has 2 aliphatic rings. The Labute approximate surface area is 395 Å². The lowest BCUT2D eigenvalue weighted by Crippen LogP contribution is -2.58. The van der Waals surface area contributed by atoms with Gasteiger partial charge in [-0.2, -0.15) is 0 Å².